The number of ketones is 1. The van der Waals surface area contributed by atoms with Crippen LogP contribution in [0, 0.1) is 0 Å². The van der Waals surface area contributed by atoms with Gasteiger partial charge in [0.25, 0.3) is 11.7 Å². The fraction of sp³-hybridized carbons (Fsp3) is 0.407. The van der Waals surface area contributed by atoms with Crippen molar-refractivity contribution in [2.75, 3.05) is 19.8 Å². The summed E-state index contributed by atoms with van der Waals surface area (Å²) < 4.78 is 11.4. The Labute approximate surface area is 206 Å². The van der Waals surface area contributed by atoms with Gasteiger partial charge >= 0.3 is 0 Å². The molecule has 0 aromatic heterocycles. The van der Waals surface area contributed by atoms with E-state index in [1.807, 2.05) is 40.7 Å². The molecule has 3 rings (SSSR count). The normalized spacial score (nSPS) is 17.8. The number of aliphatic hydroxyl groups excluding tert-OH is 1. The number of hydrogen-bond acceptors (Lipinski definition) is 5. The van der Waals surface area contributed by atoms with Crippen LogP contribution >= 0.6 is 11.6 Å². The average molecular weight is 486 g/mol. The highest BCUT2D eigenvalue weighted by Crippen LogP contribution is 2.40. The number of hydrogen-bond donors (Lipinski definition) is 1. The van der Waals surface area contributed by atoms with Gasteiger partial charge in [0.05, 0.1) is 30.9 Å². The van der Waals surface area contributed by atoms with E-state index in [0.29, 0.717) is 22.8 Å². The van der Waals surface area contributed by atoms with Crippen LogP contribution in [0.5, 0.6) is 5.75 Å². The minimum atomic E-state index is -0.748. The third kappa shape index (κ3) is 5.45. The van der Waals surface area contributed by atoms with Gasteiger partial charge in [-0.1, -0.05) is 37.6 Å². The smallest absolute Gasteiger partial charge is 0.295 e. The van der Waals surface area contributed by atoms with Crippen LogP contribution in [0.4, 0.5) is 0 Å². The lowest BCUT2D eigenvalue weighted by molar-refractivity contribution is -0.140. The first-order valence-corrected chi connectivity index (χ1v) is 12.0. The molecule has 0 aliphatic carbocycles. The standard InChI is InChI=1S/C27H32ClNO5/c1-6-33-22-12-9-19(15-21(22)16(2)3)25(30)23-24(18-7-10-20(28)11-8-18)29(27(32)26(23)31)13-14-34-17(4)5/h7-12,15-17,24,30H,6,13-14H2,1-5H3/b25-23-. The van der Waals surface area contributed by atoms with Crippen molar-refractivity contribution in [2.45, 2.75) is 52.7 Å². The minimum absolute atomic E-state index is 0.0101. The van der Waals surface area contributed by atoms with Crippen molar-refractivity contribution in [3.05, 3.63) is 69.8 Å². The summed E-state index contributed by atoms with van der Waals surface area (Å²) >= 11 is 6.07. The third-order valence-corrected chi connectivity index (χ3v) is 5.97. The molecule has 2 aromatic rings. The minimum Gasteiger partial charge on any atom is -0.507 e. The number of benzene rings is 2. The number of halogens is 1. The Hall–Kier alpha value is -2.83. The topological polar surface area (TPSA) is 76.1 Å². The highest BCUT2D eigenvalue weighted by Gasteiger charge is 2.46. The summed E-state index contributed by atoms with van der Waals surface area (Å²) in [5, 5.41) is 11.9. The molecule has 0 saturated carbocycles. The average Bonchev–Trinajstić information content (AvgIpc) is 3.04. The number of Topliss-reactive ketones (excluding diaryl/α,β-unsaturated/α-hetero) is 1. The van der Waals surface area contributed by atoms with Gasteiger partial charge in [-0.2, -0.15) is 0 Å². The molecule has 0 radical (unpaired) electrons. The van der Waals surface area contributed by atoms with Crippen molar-refractivity contribution in [1.82, 2.24) is 4.90 Å². The molecule has 1 saturated heterocycles. The van der Waals surface area contributed by atoms with Crippen LogP contribution in [-0.2, 0) is 14.3 Å². The Kier molecular flexibility index (Phi) is 8.39. The van der Waals surface area contributed by atoms with E-state index in [-0.39, 0.29) is 36.5 Å². The van der Waals surface area contributed by atoms with E-state index >= 15 is 0 Å². The number of ether oxygens (including phenoxy) is 2. The van der Waals surface area contributed by atoms with E-state index in [0.717, 1.165) is 11.3 Å². The molecule has 1 N–H and O–H groups in total. The third-order valence-electron chi connectivity index (χ3n) is 5.71. The second-order valence-electron chi connectivity index (χ2n) is 8.80. The summed E-state index contributed by atoms with van der Waals surface area (Å²) in [7, 11) is 0. The van der Waals surface area contributed by atoms with E-state index in [1.165, 1.54) is 4.90 Å². The zero-order valence-corrected chi connectivity index (χ0v) is 21.1. The van der Waals surface area contributed by atoms with Gasteiger partial charge in [-0.15, -0.1) is 0 Å². The first-order chi connectivity index (χ1) is 16.1. The zero-order chi connectivity index (χ0) is 25.0. The molecular formula is C27H32ClNO5. The molecule has 1 atom stereocenters. The summed E-state index contributed by atoms with van der Waals surface area (Å²) in [4.78, 5) is 27.6. The molecule has 34 heavy (non-hydrogen) atoms. The van der Waals surface area contributed by atoms with Gasteiger partial charge in [0, 0.05) is 17.1 Å². The number of aliphatic hydroxyl groups is 1. The Bertz CT molecular complexity index is 1070. The van der Waals surface area contributed by atoms with Crippen LogP contribution < -0.4 is 4.74 Å². The summed E-state index contributed by atoms with van der Waals surface area (Å²) in [5.41, 5.74) is 2.11. The number of likely N-dealkylation sites (tertiary alicyclic amines) is 1. The van der Waals surface area contributed by atoms with Crippen molar-refractivity contribution >= 4 is 29.1 Å². The van der Waals surface area contributed by atoms with E-state index in [4.69, 9.17) is 21.1 Å². The predicted molar refractivity (Wildman–Crippen MR) is 133 cm³/mol. The number of nitrogens with zero attached hydrogens (tertiary/aromatic N) is 1. The Balaban J connectivity index is 2.12. The van der Waals surface area contributed by atoms with Gasteiger partial charge < -0.3 is 19.5 Å². The molecule has 1 amide bonds. The highest BCUT2D eigenvalue weighted by molar-refractivity contribution is 6.46. The molecule has 1 unspecified atom stereocenters. The molecule has 7 heteroatoms. The van der Waals surface area contributed by atoms with Gasteiger partial charge in [-0.25, -0.2) is 0 Å². The molecule has 0 spiro atoms. The highest BCUT2D eigenvalue weighted by atomic mass is 35.5. The molecular weight excluding hydrogens is 454 g/mol. The summed E-state index contributed by atoms with van der Waals surface area (Å²) in [6.07, 6.45) is -0.0101. The largest absolute Gasteiger partial charge is 0.507 e. The number of carbonyl (C=O) groups is 2. The van der Waals surface area contributed by atoms with Gasteiger partial charge in [-0.3, -0.25) is 9.59 Å². The summed E-state index contributed by atoms with van der Waals surface area (Å²) in [5.74, 6) is -0.729. The first kappa shape index (κ1) is 25.8. The maximum absolute atomic E-state index is 13.2. The SMILES string of the molecule is CCOc1ccc(/C(O)=C2/C(=O)C(=O)N(CCOC(C)C)C2c2ccc(Cl)cc2)cc1C(C)C. The van der Waals surface area contributed by atoms with E-state index in [9.17, 15) is 14.7 Å². The molecule has 1 fully saturated rings. The lowest BCUT2D eigenvalue weighted by Crippen LogP contribution is -2.33. The zero-order valence-electron chi connectivity index (χ0n) is 20.3. The summed E-state index contributed by atoms with van der Waals surface area (Å²) in [6, 6.07) is 11.5. The second-order valence-corrected chi connectivity index (χ2v) is 9.24. The van der Waals surface area contributed by atoms with Gasteiger partial charge in [-0.05, 0) is 68.1 Å². The fourth-order valence-electron chi connectivity index (χ4n) is 4.08. The van der Waals surface area contributed by atoms with Crippen molar-refractivity contribution in [3.8, 4) is 5.75 Å². The predicted octanol–water partition coefficient (Wildman–Crippen LogP) is 5.71. The van der Waals surface area contributed by atoms with Crippen LogP contribution in [0.2, 0.25) is 5.02 Å². The van der Waals surface area contributed by atoms with Gasteiger partial charge in [0.1, 0.15) is 11.5 Å². The van der Waals surface area contributed by atoms with E-state index < -0.39 is 17.7 Å². The summed E-state index contributed by atoms with van der Waals surface area (Å²) in [6.45, 7) is 10.8. The van der Waals surface area contributed by atoms with E-state index in [2.05, 4.69) is 0 Å². The second kappa shape index (κ2) is 11.1. The number of rotatable bonds is 9. The molecule has 6 nitrogen and oxygen atoms in total. The number of carbonyl (C=O) groups excluding carboxylic acids is 2. The molecule has 1 aliphatic rings. The molecule has 1 heterocycles. The van der Waals surface area contributed by atoms with Crippen molar-refractivity contribution in [2.24, 2.45) is 0 Å². The van der Waals surface area contributed by atoms with Crippen molar-refractivity contribution < 1.29 is 24.2 Å². The lowest BCUT2D eigenvalue weighted by Gasteiger charge is -2.26. The monoisotopic (exact) mass is 485 g/mol. The molecule has 1 aliphatic heterocycles. The maximum Gasteiger partial charge on any atom is 0.295 e. The Morgan fingerprint density at radius 3 is 2.35 bits per heavy atom. The number of amides is 1. The Morgan fingerprint density at radius 1 is 1.09 bits per heavy atom. The van der Waals surface area contributed by atoms with Gasteiger partial charge in [0.2, 0.25) is 0 Å². The Morgan fingerprint density at radius 2 is 1.76 bits per heavy atom. The van der Waals surface area contributed by atoms with Crippen LogP contribution in [0.3, 0.4) is 0 Å². The van der Waals surface area contributed by atoms with Crippen LogP contribution in [-0.4, -0.2) is 47.6 Å². The lowest BCUT2D eigenvalue weighted by atomic mass is 9.93. The van der Waals surface area contributed by atoms with Crippen molar-refractivity contribution in [1.29, 1.82) is 0 Å². The van der Waals surface area contributed by atoms with Gasteiger partial charge in [0.15, 0.2) is 0 Å². The van der Waals surface area contributed by atoms with E-state index in [1.54, 1.807) is 36.4 Å². The van der Waals surface area contributed by atoms with Crippen LogP contribution in [0.25, 0.3) is 5.76 Å². The maximum atomic E-state index is 13.2. The molecule has 2 aromatic carbocycles. The molecule has 0 bridgehead atoms. The quantitative estimate of drug-likeness (QED) is 0.280. The van der Waals surface area contributed by atoms with Crippen molar-refractivity contribution in [3.63, 3.8) is 0 Å². The fourth-order valence-corrected chi connectivity index (χ4v) is 4.20. The first-order valence-electron chi connectivity index (χ1n) is 11.6. The van der Waals surface area contributed by atoms with Crippen LogP contribution in [0.15, 0.2) is 48.0 Å². The van der Waals surface area contributed by atoms with Crippen LogP contribution in [0.1, 0.15) is 63.3 Å². The molecule has 182 valence electrons.